The number of thioether (sulfide) groups is 1. The summed E-state index contributed by atoms with van der Waals surface area (Å²) in [5.74, 6) is 0. The second-order valence-electron chi connectivity index (χ2n) is 17.3. The summed E-state index contributed by atoms with van der Waals surface area (Å²) in [4.78, 5) is 21.5. The number of unbranched alkanes of at least 4 members (excludes halogenated alkanes) is 18. The third-order valence-electron chi connectivity index (χ3n) is 9.65. The molecular weight excluding hydrogens is 910 g/mol. The van der Waals surface area contributed by atoms with Crippen LogP contribution < -0.4 is 2.89 Å². The number of rotatable bonds is 26. The van der Waals surface area contributed by atoms with Crippen molar-refractivity contribution < 1.29 is 0 Å². The van der Waals surface area contributed by atoms with Gasteiger partial charge in [0.1, 0.15) is 0 Å². The van der Waals surface area contributed by atoms with E-state index in [4.69, 9.17) is 0 Å². The van der Waals surface area contributed by atoms with Gasteiger partial charge >= 0.3 is 289 Å². The third kappa shape index (κ3) is 22.4. The molecule has 2 aromatic heterocycles. The van der Waals surface area contributed by atoms with Crippen LogP contribution in [0.25, 0.3) is 14.7 Å². The third-order valence-corrected chi connectivity index (χ3v) is 32.0. The van der Waals surface area contributed by atoms with E-state index in [0.717, 1.165) is 0 Å². The molecule has 5 heteroatoms. The number of allylic oxidation sites excluding steroid dienone is 2. The molecule has 0 aromatic carbocycles. The molecule has 0 aliphatic carbocycles. The van der Waals surface area contributed by atoms with E-state index in [1.54, 1.807) is 8.48 Å². The van der Waals surface area contributed by atoms with Crippen molar-refractivity contribution in [1.29, 1.82) is 0 Å². The van der Waals surface area contributed by atoms with E-state index < -0.39 is 36.8 Å². The van der Waals surface area contributed by atoms with E-state index in [1.807, 2.05) is 28.1 Å². The summed E-state index contributed by atoms with van der Waals surface area (Å²) in [5, 5.41) is 0. The quantitative estimate of drug-likeness (QED) is 0.0514. The Labute approximate surface area is 353 Å². The molecule has 0 N–H and O–H groups in total. The molecule has 3 rings (SSSR count). The van der Waals surface area contributed by atoms with E-state index in [0.29, 0.717) is 0 Å². The van der Waals surface area contributed by atoms with Crippen molar-refractivity contribution >= 4 is 79.0 Å². The summed E-state index contributed by atoms with van der Waals surface area (Å²) >= 11 is 1.82. The van der Waals surface area contributed by atoms with Crippen LogP contribution in [0.15, 0.2) is 38.5 Å². The second-order valence-corrected chi connectivity index (χ2v) is 51.1. The average Bonchev–Trinajstić information content (AvgIpc) is 3.79. The SMILES string of the molecule is CC.CCC.CCCCCCCCCCCCC1=C=[C]([Sn]([CH3])([CH3])[CH3])SC(c2ccc(-c3cc(CCCCCCCCCCCC)[c]([Sn]([CH3])([CH3])[CH3])s3)s2)=C1. The van der Waals surface area contributed by atoms with Gasteiger partial charge in [0.15, 0.2) is 0 Å². The Morgan fingerprint density at radius 3 is 1.40 bits per heavy atom. The Morgan fingerprint density at radius 1 is 0.509 bits per heavy atom. The molecule has 1 aliphatic heterocycles. The fourth-order valence-corrected chi connectivity index (χ4v) is 22.2. The number of aryl methyl sites for hydroxylation is 1. The van der Waals surface area contributed by atoms with E-state index >= 15 is 0 Å². The van der Waals surface area contributed by atoms with Gasteiger partial charge in [-0.05, 0) is 0 Å². The molecule has 0 saturated heterocycles. The van der Waals surface area contributed by atoms with Crippen LogP contribution in [0.2, 0.25) is 29.6 Å². The van der Waals surface area contributed by atoms with Gasteiger partial charge in [-0.15, -0.1) is 0 Å². The molecule has 0 nitrogen and oxygen atoms in total. The first-order chi connectivity index (χ1) is 25.4. The monoisotopic (exact) mass is 998 g/mol. The van der Waals surface area contributed by atoms with E-state index in [1.165, 1.54) is 173 Å². The summed E-state index contributed by atoms with van der Waals surface area (Å²) in [6.07, 6.45) is 34.4. The van der Waals surface area contributed by atoms with Gasteiger partial charge in [0.2, 0.25) is 0 Å². The van der Waals surface area contributed by atoms with Crippen molar-refractivity contribution in [2.24, 2.45) is 0 Å². The molecule has 0 saturated carbocycles. The van der Waals surface area contributed by atoms with Gasteiger partial charge in [-0.1, -0.05) is 67.2 Å². The summed E-state index contributed by atoms with van der Waals surface area (Å²) in [5.41, 5.74) is 7.14. The van der Waals surface area contributed by atoms with E-state index in [2.05, 4.69) is 110 Å². The maximum atomic E-state index is 3.96. The van der Waals surface area contributed by atoms with Crippen LogP contribution in [0, 0.1) is 0 Å². The molecule has 0 atom stereocenters. The molecule has 0 fully saturated rings. The Kier molecular flexibility index (Phi) is 29.9. The van der Waals surface area contributed by atoms with Crippen LogP contribution in [-0.4, -0.2) is 36.8 Å². The topological polar surface area (TPSA) is 0 Å². The summed E-state index contributed by atoms with van der Waals surface area (Å²) in [6, 6.07) is 7.48. The zero-order valence-corrected chi connectivity index (χ0v) is 45.5. The van der Waals surface area contributed by atoms with Crippen molar-refractivity contribution in [3.8, 4) is 9.75 Å². The van der Waals surface area contributed by atoms with Gasteiger partial charge in [0, 0.05) is 0 Å². The van der Waals surface area contributed by atoms with Gasteiger partial charge in [-0.3, -0.25) is 0 Å². The first-order valence-corrected chi connectivity index (χ1v) is 45.0. The van der Waals surface area contributed by atoms with E-state index in [-0.39, 0.29) is 0 Å². The average molecular weight is 997 g/mol. The van der Waals surface area contributed by atoms with Gasteiger partial charge in [-0.25, -0.2) is 0 Å². The number of hydrogen-bond donors (Lipinski definition) is 0. The number of hydrogen-bond acceptors (Lipinski definition) is 3. The molecule has 0 spiro atoms. The zero-order valence-electron chi connectivity index (χ0n) is 37.3. The van der Waals surface area contributed by atoms with Crippen molar-refractivity contribution in [3.63, 3.8) is 0 Å². The Balaban J connectivity index is 0.00000267. The minimum atomic E-state index is -2.25. The molecule has 0 radical (unpaired) electrons. The zero-order chi connectivity index (χ0) is 39.5. The Bertz CT molecular complexity index is 1310. The molecule has 53 heavy (non-hydrogen) atoms. The molecule has 304 valence electrons. The van der Waals surface area contributed by atoms with Crippen LogP contribution in [0.5, 0.6) is 0 Å². The maximum absolute atomic E-state index is 3.96. The van der Waals surface area contributed by atoms with Gasteiger partial charge in [0.05, 0.1) is 0 Å². The predicted octanol–water partition coefficient (Wildman–Crippen LogP) is 18.6. The predicted molar refractivity (Wildman–Crippen MR) is 259 cm³/mol. The Morgan fingerprint density at radius 2 is 0.943 bits per heavy atom. The first kappa shape index (κ1) is 51.6. The van der Waals surface area contributed by atoms with Gasteiger partial charge < -0.3 is 0 Å². The normalized spacial score (nSPS) is 13.1. The first-order valence-electron chi connectivity index (χ1n) is 22.6. The van der Waals surface area contributed by atoms with Crippen LogP contribution in [0.1, 0.15) is 193 Å². The van der Waals surface area contributed by atoms with Gasteiger partial charge in [0.25, 0.3) is 0 Å². The summed E-state index contributed by atoms with van der Waals surface area (Å²) in [7, 11) is 0. The van der Waals surface area contributed by atoms with Crippen molar-refractivity contribution in [2.45, 2.75) is 219 Å². The molecule has 2 aromatic rings. The van der Waals surface area contributed by atoms with E-state index in [9.17, 15) is 0 Å². The molecule has 0 bridgehead atoms. The molecule has 0 unspecified atom stereocenters. The standard InChI is InChI=1S/C37H54S3.C3H8.C2H6.6CH3.2Sn/c1-3-5-7-9-11-13-15-17-19-21-23-32-27-28-38-36(29-32)34-25-26-35(40-34)37-30-33(31-39-37)24-22-20-18-16-14-12-10-8-6-4-2;1-3-2;1-2;;;;;;;;/h25-26,29-30H,3-24H2,1-2H3;3H2,1-2H3;1-2H3;6*1H3;;. The molecular formula is C48H86S3Sn2. The van der Waals surface area contributed by atoms with Crippen molar-refractivity contribution in [3.05, 3.63) is 48.9 Å². The minimum absolute atomic E-state index is 1.19. The molecule has 1 aliphatic rings. The van der Waals surface area contributed by atoms with Crippen molar-refractivity contribution in [1.82, 2.24) is 0 Å². The summed E-state index contributed by atoms with van der Waals surface area (Å²) in [6.45, 7) is 12.9. The fraction of sp³-hybridized carbons (Fsp3) is 0.729. The fourth-order valence-electron chi connectivity index (χ4n) is 6.68. The van der Waals surface area contributed by atoms with Crippen LogP contribution in [-0.2, 0) is 6.42 Å². The summed E-state index contributed by atoms with van der Waals surface area (Å²) < 4.78 is 3.42. The number of thiophene rings is 2. The van der Waals surface area contributed by atoms with Crippen LogP contribution >= 0.6 is 34.4 Å². The van der Waals surface area contributed by atoms with Crippen LogP contribution in [0.3, 0.4) is 0 Å². The molecule has 3 heterocycles. The van der Waals surface area contributed by atoms with Gasteiger partial charge in [-0.2, -0.15) is 0 Å². The second kappa shape index (κ2) is 30.7. The van der Waals surface area contributed by atoms with Crippen LogP contribution in [0.4, 0.5) is 0 Å². The Hall–Kier alpha value is 0.607. The van der Waals surface area contributed by atoms with Crippen molar-refractivity contribution in [2.75, 3.05) is 0 Å². The molecule has 0 amide bonds.